The van der Waals surface area contributed by atoms with Crippen molar-refractivity contribution in [3.63, 3.8) is 0 Å². The van der Waals surface area contributed by atoms with E-state index in [1.165, 1.54) is 17.7 Å². The predicted molar refractivity (Wildman–Crippen MR) is 127 cm³/mol. The lowest BCUT2D eigenvalue weighted by atomic mass is 10.0. The molecule has 4 nitrogen and oxygen atoms in total. The first-order valence-corrected chi connectivity index (χ1v) is 13.1. The van der Waals surface area contributed by atoms with E-state index in [0.29, 0.717) is 5.92 Å². The van der Waals surface area contributed by atoms with Gasteiger partial charge in [-0.15, -0.1) is 0 Å². The van der Waals surface area contributed by atoms with Crippen LogP contribution in [-0.4, -0.2) is 58.0 Å². The highest BCUT2D eigenvalue weighted by atomic mass is 33.1. The van der Waals surface area contributed by atoms with Crippen molar-refractivity contribution in [3.05, 3.63) is 29.8 Å². The highest BCUT2D eigenvalue weighted by Gasteiger charge is 2.06. The molecule has 0 bridgehead atoms. The Hall–Kier alpha value is -0.400. The summed E-state index contributed by atoms with van der Waals surface area (Å²) in [6.45, 7) is 10.4. The third-order valence-corrected chi connectivity index (χ3v) is 6.71. The molecular weight excluding hydrogens is 388 g/mol. The molecule has 0 radical (unpaired) electrons. The quantitative estimate of drug-likeness (QED) is 0.240. The lowest BCUT2D eigenvalue weighted by Gasteiger charge is -2.13. The lowest BCUT2D eigenvalue weighted by Crippen LogP contribution is -2.19. The Balaban J connectivity index is 1.83. The lowest BCUT2D eigenvalue weighted by molar-refractivity contribution is 0.192. The molecule has 0 amide bonds. The highest BCUT2D eigenvalue weighted by Crippen LogP contribution is 2.25. The summed E-state index contributed by atoms with van der Waals surface area (Å²) in [6, 6.07) is 8.39. The molecule has 1 rings (SSSR count). The van der Waals surface area contributed by atoms with Gasteiger partial charge in [-0.3, -0.25) is 0 Å². The monoisotopic (exact) mass is 428 g/mol. The van der Waals surface area contributed by atoms with Crippen LogP contribution in [0.4, 0.5) is 0 Å². The molecule has 0 aliphatic rings. The van der Waals surface area contributed by atoms with Gasteiger partial charge in [0.15, 0.2) is 0 Å². The molecule has 0 aromatic heterocycles. The Kier molecular flexibility index (Phi) is 17.0. The largest absolute Gasteiger partial charge is 0.493 e. The molecule has 28 heavy (non-hydrogen) atoms. The van der Waals surface area contributed by atoms with Gasteiger partial charge in [0, 0.05) is 38.3 Å². The van der Waals surface area contributed by atoms with Crippen molar-refractivity contribution in [1.82, 2.24) is 10.6 Å². The van der Waals surface area contributed by atoms with Gasteiger partial charge >= 0.3 is 0 Å². The SMILES string of the molecule is COCCCCNCCSSCCNCCCCOc1ccccc1C(C)C. The van der Waals surface area contributed by atoms with Crippen LogP contribution in [0.3, 0.4) is 0 Å². The molecule has 2 N–H and O–H groups in total. The van der Waals surface area contributed by atoms with Gasteiger partial charge in [0.05, 0.1) is 6.61 Å². The standard InChI is InChI=1S/C22H40N2O2S2/c1-20(2)21-10-4-5-11-22(21)26-17-9-7-13-24-15-19-28-27-18-14-23-12-6-8-16-25-3/h4-5,10-11,20,23-24H,6-9,12-19H2,1-3H3. The molecular formula is C22H40N2O2S2. The van der Waals surface area contributed by atoms with E-state index in [1.807, 2.05) is 21.6 Å². The zero-order valence-electron chi connectivity index (χ0n) is 18.0. The topological polar surface area (TPSA) is 42.5 Å². The molecule has 1 aromatic rings. The van der Waals surface area contributed by atoms with Crippen LogP contribution < -0.4 is 15.4 Å². The van der Waals surface area contributed by atoms with E-state index in [9.17, 15) is 0 Å². The maximum atomic E-state index is 5.97. The fourth-order valence-corrected chi connectivity index (χ4v) is 4.61. The Labute approximate surface area is 180 Å². The third kappa shape index (κ3) is 13.7. The Morgan fingerprint density at radius 3 is 2.04 bits per heavy atom. The van der Waals surface area contributed by atoms with Crippen LogP contribution in [0.2, 0.25) is 0 Å². The number of rotatable bonds is 19. The molecule has 0 saturated carbocycles. The van der Waals surface area contributed by atoms with Crippen LogP contribution in [0.1, 0.15) is 51.0 Å². The number of hydrogen-bond donors (Lipinski definition) is 2. The van der Waals surface area contributed by atoms with Gasteiger partial charge in [-0.2, -0.15) is 0 Å². The summed E-state index contributed by atoms with van der Waals surface area (Å²) in [4.78, 5) is 0. The van der Waals surface area contributed by atoms with Gasteiger partial charge in [-0.25, -0.2) is 0 Å². The molecule has 0 fully saturated rings. The Morgan fingerprint density at radius 1 is 0.821 bits per heavy atom. The van der Waals surface area contributed by atoms with E-state index in [-0.39, 0.29) is 0 Å². The van der Waals surface area contributed by atoms with Gasteiger partial charge < -0.3 is 20.1 Å². The number of benzene rings is 1. The summed E-state index contributed by atoms with van der Waals surface area (Å²) >= 11 is 0. The van der Waals surface area contributed by atoms with Gasteiger partial charge in [0.25, 0.3) is 0 Å². The second-order valence-electron chi connectivity index (χ2n) is 7.09. The van der Waals surface area contributed by atoms with E-state index in [0.717, 1.165) is 70.2 Å². The van der Waals surface area contributed by atoms with Crippen molar-refractivity contribution in [1.29, 1.82) is 0 Å². The first-order valence-electron chi connectivity index (χ1n) is 10.6. The second-order valence-corrected chi connectivity index (χ2v) is 9.79. The number of hydrogen-bond acceptors (Lipinski definition) is 6. The maximum Gasteiger partial charge on any atom is 0.122 e. The number of para-hydroxylation sites is 1. The molecule has 0 heterocycles. The summed E-state index contributed by atoms with van der Waals surface area (Å²) < 4.78 is 11.0. The summed E-state index contributed by atoms with van der Waals surface area (Å²) in [5.41, 5.74) is 1.30. The zero-order chi connectivity index (χ0) is 20.3. The Bertz CT molecular complexity index is 476. The summed E-state index contributed by atoms with van der Waals surface area (Å²) in [7, 11) is 5.69. The summed E-state index contributed by atoms with van der Waals surface area (Å²) in [5.74, 6) is 3.88. The average Bonchev–Trinajstić information content (AvgIpc) is 2.70. The zero-order valence-corrected chi connectivity index (χ0v) is 19.6. The number of unbranched alkanes of at least 4 members (excludes halogenated alkanes) is 2. The molecule has 1 aromatic carbocycles. The molecule has 0 spiro atoms. The molecule has 0 aliphatic carbocycles. The third-order valence-electron chi connectivity index (χ3n) is 4.31. The molecule has 162 valence electrons. The predicted octanol–water partition coefficient (Wildman–Crippen LogP) is 4.96. The smallest absolute Gasteiger partial charge is 0.122 e. The summed E-state index contributed by atoms with van der Waals surface area (Å²) in [5, 5.41) is 7.01. The van der Waals surface area contributed by atoms with Gasteiger partial charge in [-0.05, 0) is 56.3 Å². The number of nitrogens with one attached hydrogen (secondary N) is 2. The van der Waals surface area contributed by atoms with E-state index in [1.54, 1.807) is 7.11 Å². The van der Waals surface area contributed by atoms with Crippen LogP contribution >= 0.6 is 21.6 Å². The van der Waals surface area contributed by atoms with Gasteiger partial charge in [-0.1, -0.05) is 53.6 Å². The van der Waals surface area contributed by atoms with Gasteiger partial charge in [0.2, 0.25) is 0 Å². The first kappa shape index (κ1) is 25.6. The Morgan fingerprint density at radius 2 is 1.43 bits per heavy atom. The van der Waals surface area contributed by atoms with E-state index in [4.69, 9.17) is 9.47 Å². The van der Waals surface area contributed by atoms with Crippen molar-refractivity contribution in [2.75, 3.05) is 58.0 Å². The maximum absolute atomic E-state index is 5.97. The van der Waals surface area contributed by atoms with Gasteiger partial charge in [0.1, 0.15) is 5.75 Å². The van der Waals surface area contributed by atoms with E-state index in [2.05, 4.69) is 48.7 Å². The van der Waals surface area contributed by atoms with Crippen LogP contribution in [0.25, 0.3) is 0 Å². The van der Waals surface area contributed by atoms with Crippen LogP contribution in [0.15, 0.2) is 24.3 Å². The molecule has 0 atom stereocenters. The number of ether oxygens (including phenoxy) is 2. The van der Waals surface area contributed by atoms with Crippen molar-refractivity contribution >= 4 is 21.6 Å². The van der Waals surface area contributed by atoms with Crippen molar-refractivity contribution in [2.45, 2.75) is 45.4 Å². The number of methoxy groups -OCH3 is 1. The summed E-state index contributed by atoms with van der Waals surface area (Å²) in [6.07, 6.45) is 4.60. The minimum Gasteiger partial charge on any atom is -0.493 e. The minimum absolute atomic E-state index is 0.505. The highest BCUT2D eigenvalue weighted by molar-refractivity contribution is 8.76. The molecule has 0 aliphatic heterocycles. The molecule has 0 saturated heterocycles. The van der Waals surface area contributed by atoms with Crippen molar-refractivity contribution in [3.8, 4) is 5.75 Å². The second kappa shape index (κ2) is 18.6. The molecule has 6 heteroatoms. The van der Waals surface area contributed by atoms with E-state index >= 15 is 0 Å². The average molecular weight is 429 g/mol. The fraction of sp³-hybridized carbons (Fsp3) is 0.727. The minimum atomic E-state index is 0.505. The fourth-order valence-electron chi connectivity index (χ4n) is 2.72. The van der Waals surface area contributed by atoms with E-state index < -0.39 is 0 Å². The van der Waals surface area contributed by atoms with Crippen molar-refractivity contribution in [2.24, 2.45) is 0 Å². The van der Waals surface area contributed by atoms with Crippen LogP contribution in [0, 0.1) is 0 Å². The molecule has 0 unspecified atom stereocenters. The first-order chi connectivity index (χ1) is 13.8. The van der Waals surface area contributed by atoms with Crippen LogP contribution in [0.5, 0.6) is 5.75 Å². The van der Waals surface area contributed by atoms with Crippen LogP contribution in [-0.2, 0) is 4.74 Å². The van der Waals surface area contributed by atoms with Crippen molar-refractivity contribution < 1.29 is 9.47 Å². The normalized spacial score (nSPS) is 11.3.